The van der Waals surface area contributed by atoms with Crippen LogP contribution in [-0.4, -0.2) is 37.3 Å². The number of carbonyl (C=O) groups is 1. The summed E-state index contributed by atoms with van der Waals surface area (Å²) in [5.41, 5.74) is 1.36. The molecule has 1 aromatic carbocycles. The highest BCUT2D eigenvalue weighted by Crippen LogP contribution is 2.39. The molecule has 6 heteroatoms. The van der Waals surface area contributed by atoms with Gasteiger partial charge in [-0.15, -0.1) is 10.2 Å². The quantitative estimate of drug-likeness (QED) is 0.933. The molecule has 0 unspecified atom stereocenters. The molecule has 0 spiro atoms. The lowest BCUT2D eigenvalue weighted by molar-refractivity contribution is 0.0696. The Morgan fingerprint density at radius 2 is 2.14 bits per heavy atom. The Labute approximate surface area is 128 Å². The highest BCUT2D eigenvalue weighted by atomic mass is 16.4. The van der Waals surface area contributed by atoms with E-state index in [2.05, 4.69) is 19.7 Å². The topological polar surface area (TPSA) is 71.2 Å². The van der Waals surface area contributed by atoms with Crippen LogP contribution < -0.4 is 0 Å². The third-order valence-corrected chi connectivity index (χ3v) is 4.38. The summed E-state index contributed by atoms with van der Waals surface area (Å²) in [5, 5.41) is 17.8. The molecule has 1 aliphatic heterocycles. The van der Waals surface area contributed by atoms with Gasteiger partial charge < -0.3 is 9.67 Å². The Bertz CT molecular complexity index is 721. The first kappa shape index (κ1) is 13.5. The van der Waals surface area contributed by atoms with Gasteiger partial charge in [0.2, 0.25) is 0 Å². The zero-order valence-corrected chi connectivity index (χ0v) is 12.3. The van der Waals surface area contributed by atoms with Crippen molar-refractivity contribution in [3.63, 3.8) is 0 Å². The van der Waals surface area contributed by atoms with E-state index >= 15 is 0 Å². The van der Waals surface area contributed by atoms with Gasteiger partial charge in [-0.3, -0.25) is 4.90 Å². The Kier molecular flexibility index (Phi) is 3.18. The normalized spacial score (nSPS) is 18.2. The molecule has 1 aliphatic carbocycles. The number of carboxylic acids is 1. The second-order valence-corrected chi connectivity index (χ2v) is 6.12. The van der Waals surface area contributed by atoms with Gasteiger partial charge in [-0.05, 0) is 30.5 Å². The summed E-state index contributed by atoms with van der Waals surface area (Å²) in [6, 6.07) is 7.15. The van der Waals surface area contributed by atoms with Crippen molar-refractivity contribution in [1.29, 1.82) is 0 Å². The summed E-state index contributed by atoms with van der Waals surface area (Å²) >= 11 is 0. The summed E-state index contributed by atoms with van der Waals surface area (Å²) in [6.07, 6.45) is 2.48. The predicted molar refractivity (Wildman–Crippen MR) is 79.5 cm³/mol. The van der Waals surface area contributed by atoms with Crippen LogP contribution in [0.4, 0.5) is 0 Å². The maximum absolute atomic E-state index is 11.0. The average molecular weight is 298 g/mol. The molecule has 4 rings (SSSR count). The largest absolute Gasteiger partial charge is 0.478 e. The Balaban J connectivity index is 1.48. The smallest absolute Gasteiger partial charge is 0.335 e. The van der Waals surface area contributed by atoms with Gasteiger partial charge in [0.25, 0.3) is 0 Å². The van der Waals surface area contributed by atoms with Crippen LogP contribution in [0.5, 0.6) is 0 Å². The second kappa shape index (κ2) is 5.21. The summed E-state index contributed by atoms with van der Waals surface area (Å²) in [6.45, 7) is 3.39. The van der Waals surface area contributed by atoms with Gasteiger partial charge in [-0.2, -0.15) is 0 Å². The van der Waals surface area contributed by atoms with Crippen molar-refractivity contribution >= 4 is 5.97 Å². The maximum atomic E-state index is 11.0. The van der Waals surface area contributed by atoms with Crippen molar-refractivity contribution in [3.05, 3.63) is 47.0 Å². The number of fused-ring (bicyclic) bond motifs is 1. The molecule has 2 heterocycles. The molecule has 0 atom stereocenters. The van der Waals surface area contributed by atoms with Crippen molar-refractivity contribution in [2.75, 3.05) is 6.54 Å². The fraction of sp³-hybridized carbons (Fsp3) is 0.438. The number of rotatable bonds is 4. The van der Waals surface area contributed by atoms with E-state index in [1.807, 2.05) is 6.07 Å². The van der Waals surface area contributed by atoms with E-state index in [-0.39, 0.29) is 0 Å². The van der Waals surface area contributed by atoms with Crippen LogP contribution in [0.25, 0.3) is 0 Å². The maximum Gasteiger partial charge on any atom is 0.335 e. The molecule has 2 aliphatic rings. The summed E-state index contributed by atoms with van der Waals surface area (Å²) < 4.78 is 2.27. The van der Waals surface area contributed by atoms with Crippen LogP contribution >= 0.6 is 0 Å². The van der Waals surface area contributed by atoms with Gasteiger partial charge in [-0.25, -0.2) is 4.79 Å². The molecule has 0 radical (unpaired) electrons. The molecule has 22 heavy (non-hydrogen) atoms. The number of aromatic nitrogens is 3. The minimum absolute atomic E-state index is 0.341. The fourth-order valence-corrected chi connectivity index (χ4v) is 3.07. The molecule has 1 aromatic heterocycles. The first-order valence-corrected chi connectivity index (χ1v) is 7.67. The highest BCUT2D eigenvalue weighted by molar-refractivity contribution is 5.87. The molecule has 6 nitrogen and oxygen atoms in total. The van der Waals surface area contributed by atoms with E-state index in [1.165, 1.54) is 12.8 Å². The lowest BCUT2D eigenvalue weighted by atomic mass is 10.1. The van der Waals surface area contributed by atoms with Crippen LogP contribution in [0.3, 0.4) is 0 Å². The van der Waals surface area contributed by atoms with Crippen molar-refractivity contribution < 1.29 is 9.90 Å². The zero-order valence-electron chi connectivity index (χ0n) is 12.3. The minimum Gasteiger partial charge on any atom is -0.478 e. The predicted octanol–water partition coefficient (Wildman–Crippen LogP) is 1.87. The molecule has 1 N–H and O–H groups in total. The Morgan fingerprint density at radius 1 is 1.27 bits per heavy atom. The van der Waals surface area contributed by atoms with E-state index in [9.17, 15) is 4.79 Å². The molecule has 2 aromatic rings. The number of nitrogens with zero attached hydrogens (tertiary/aromatic N) is 4. The van der Waals surface area contributed by atoms with Crippen molar-refractivity contribution in [1.82, 2.24) is 19.7 Å². The van der Waals surface area contributed by atoms with Crippen LogP contribution in [0.2, 0.25) is 0 Å². The van der Waals surface area contributed by atoms with Gasteiger partial charge in [0, 0.05) is 25.6 Å². The van der Waals surface area contributed by atoms with Crippen molar-refractivity contribution in [3.8, 4) is 0 Å². The third kappa shape index (κ3) is 2.50. The lowest BCUT2D eigenvalue weighted by Gasteiger charge is -2.27. The molecular formula is C16H18N4O2. The number of hydrogen-bond acceptors (Lipinski definition) is 4. The van der Waals surface area contributed by atoms with Gasteiger partial charge in [0.1, 0.15) is 11.6 Å². The summed E-state index contributed by atoms with van der Waals surface area (Å²) in [4.78, 5) is 13.3. The van der Waals surface area contributed by atoms with Gasteiger partial charge >= 0.3 is 5.97 Å². The molecule has 0 amide bonds. The molecule has 1 saturated carbocycles. The second-order valence-electron chi connectivity index (χ2n) is 6.12. The van der Waals surface area contributed by atoms with E-state index < -0.39 is 5.97 Å². The average Bonchev–Trinajstić information content (AvgIpc) is 3.27. The van der Waals surface area contributed by atoms with Crippen LogP contribution in [0.15, 0.2) is 24.3 Å². The molecule has 0 bridgehead atoms. The molecule has 0 saturated heterocycles. The Hall–Kier alpha value is -2.21. The number of benzene rings is 1. The highest BCUT2D eigenvalue weighted by Gasteiger charge is 2.31. The number of hydrogen-bond donors (Lipinski definition) is 1. The van der Waals surface area contributed by atoms with E-state index in [0.29, 0.717) is 11.5 Å². The molecular weight excluding hydrogens is 280 g/mol. The van der Waals surface area contributed by atoms with Gasteiger partial charge in [0.15, 0.2) is 0 Å². The van der Waals surface area contributed by atoms with Crippen molar-refractivity contribution in [2.24, 2.45) is 0 Å². The monoisotopic (exact) mass is 298 g/mol. The molecule has 114 valence electrons. The Morgan fingerprint density at radius 3 is 2.91 bits per heavy atom. The fourth-order valence-electron chi connectivity index (χ4n) is 3.07. The standard InChI is InChI=1S/C16H18N4O2/c21-16(22)13-3-1-2-11(8-13)9-19-6-7-20-14(10-19)17-18-15(20)12-4-5-12/h1-3,8,12H,4-7,9-10H2,(H,21,22). The minimum atomic E-state index is -0.880. The van der Waals surface area contributed by atoms with Crippen LogP contribution in [0.1, 0.15) is 46.3 Å². The SMILES string of the molecule is O=C(O)c1cccc(CN2CCn3c(nnc3C3CC3)C2)c1. The van der Waals surface area contributed by atoms with E-state index in [4.69, 9.17) is 5.11 Å². The lowest BCUT2D eigenvalue weighted by Crippen LogP contribution is -2.34. The summed E-state index contributed by atoms with van der Waals surface area (Å²) in [5.74, 6) is 1.93. The number of aromatic carboxylic acids is 1. The first-order chi connectivity index (χ1) is 10.7. The van der Waals surface area contributed by atoms with E-state index in [0.717, 1.165) is 43.4 Å². The number of carboxylic acid groups (broad SMARTS) is 1. The van der Waals surface area contributed by atoms with Crippen LogP contribution in [-0.2, 0) is 19.6 Å². The first-order valence-electron chi connectivity index (χ1n) is 7.67. The third-order valence-electron chi connectivity index (χ3n) is 4.38. The van der Waals surface area contributed by atoms with E-state index in [1.54, 1.807) is 18.2 Å². The van der Waals surface area contributed by atoms with Gasteiger partial charge in [0.05, 0.1) is 12.1 Å². The van der Waals surface area contributed by atoms with Crippen molar-refractivity contribution in [2.45, 2.75) is 38.4 Å². The van der Waals surface area contributed by atoms with Crippen LogP contribution in [0, 0.1) is 0 Å². The zero-order chi connectivity index (χ0) is 15.1. The molecule has 1 fully saturated rings. The van der Waals surface area contributed by atoms with Gasteiger partial charge in [-0.1, -0.05) is 12.1 Å². The summed E-state index contributed by atoms with van der Waals surface area (Å²) in [7, 11) is 0.